The lowest BCUT2D eigenvalue weighted by Gasteiger charge is -2.35. The van der Waals surface area contributed by atoms with Crippen molar-refractivity contribution in [2.45, 2.75) is 122 Å². The normalized spacial score (nSPS) is 15.4. The number of benzene rings is 3. The maximum absolute atomic E-state index is 13.7. The van der Waals surface area contributed by atoms with Gasteiger partial charge >= 0.3 is 12.1 Å². The highest BCUT2D eigenvalue weighted by Crippen LogP contribution is 2.28. The third kappa shape index (κ3) is 10.8. The van der Waals surface area contributed by atoms with Crippen LogP contribution in [0.2, 0.25) is 0 Å². The molecule has 0 saturated heterocycles. The number of urea groups is 1. The van der Waals surface area contributed by atoms with E-state index in [0.717, 1.165) is 77.8 Å². The van der Waals surface area contributed by atoms with E-state index in [4.69, 9.17) is 9.47 Å². The first-order chi connectivity index (χ1) is 25.2. The summed E-state index contributed by atoms with van der Waals surface area (Å²) in [6.45, 7) is 7.16. The van der Waals surface area contributed by atoms with Crippen LogP contribution in [0.3, 0.4) is 0 Å². The highest BCUT2D eigenvalue weighted by molar-refractivity contribution is 5.89. The average Bonchev–Trinajstić information content (AvgIpc) is 3.15. The van der Waals surface area contributed by atoms with Crippen LogP contribution in [-0.2, 0) is 24.4 Å². The van der Waals surface area contributed by atoms with Crippen molar-refractivity contribution in [3.05, 3.63) is 114 Å². The molecule has 2 aliphatic carbocycles. The van der Waals surface area contributed by atoms with E-state index in [9.17, 15) is 9.59 Å². The number of hydrogen-bond donors (Lipinski definition) is 1. The Morgan fingerprint density at radius 1 is 0.712 bits per heavy atom. The summed E-state index contributed by atoms with van der Waals surface area (Å²) < 4.78 is 12.0. The molecule has 1 aromatic heterocycles. The van der Waals surface area contributed by atoms with Gasteiger partial charge in [0.1, 0.15) is 11.4 Å². The zero-order valence-corrected chi connectivity index (χ0v) is 31.1. The van der Waals surface area contributed by atoms with Crippen molar-refractivity contribution in [1.29, 1.82) is 0 Å². The largest absolute Gasteiger partial charge is 0.490 e. The van der Waals surface area contributed by atoms with Crippen LogP contribution in [0.4, 0.5) is 15.3 Å². The van der Waals surface area contributed by atoms with Crippen molar-refractivity contribution in [1.82, 2.24) is 14.8 Å². The molecule has 2 aliphatic rings. The summed E-state index contributed by atoms with van der Waals surface area (Å²) in [5, 5.41) is 3.09. The van der Waals surface area contributed by atoms with Crippen molar-refractivity contribution >= 4 is 17.8 Å². The molecule has 1 N–H and O–H groups in total. The van der Waals surface area contributed by atoms with Gasteiger partial charge in [-0.2, -0.15) is 0 Å². The third-order valence-electron chi connectivity index (χ3n) is 9.96. The van der Waals surface area contributed by atoms with Gasteiger partial charge in [-0.25, -0.2) is 9.59 Å². The molecule has 2 saturated carbocycles. The summed E-state index contributed by atoms with van der Waals surface area (Å²) in [6, 6.07) is 28.4. The van der Waals surface area contributed by atoms with Crippen molar-refractivity contribution in [2.24, 2.45) is 0 Å². The quantitative estimate of drug-likeness (QED) is 0.168. The molecule has 3 aromatic carbocycles. The van der Waals surface area contributed by atoms with Crippen LogP contribution in [0.25, 0.3) is 11.1 Å². The van der Waals surface area contributed by atoms with Crippen molar-refractivity contribution in [2.75, 3.05) is 5.32 Å². The molecule has 8 nitrogen and oxygen atoms in total. The molecule has 0 unspecified atom stereocenters. The van der Waals surface area contributed by atoms with Crippen LogP contribution >= 0.6 is 0 Å². The maximum Gasteiger partial charge on any atom is 0.410 e. The molecule has 8 heteroatoms. The van der Waals surface area contributed by atoms with E-state index in [2.05, 4.69) is 58.8 Å². The van der Waals surface area contributed by atoms with Gasteiger partial charge in [0.15, 0.2) is 0 Å². The molecule has 0 spiro atoms. The van der Waals surface area contributed by atoms with E-state index in [0.29, 0.717) is 19.6 Å². The fraction of sp³-hybridized carbons (Fsp3) is 0.432. The Morgan fingerprint density at radius 3 is 1.87 bits per heavy atom. The first-order valence-electron chi connectivity index (χ1n) is 19.1. The first kappa shape index (κ1) is 36.9. The highest BCUT2D eigenvalue weighted by Gasteiger charge is 2.29. The Hall–Kier alpha value is -4.85. The van der Waals surface area contributed by atoms with Crippen molar-refractivity contribution < 1.29 is 19.1 Å². The standard InChI is InChI=1S/C44H54N4O4/c1-44(2,3)52-43(50)48(39-12-6-4-7-13-39)32-34-18-22-37(23-19-34)36-20-16-33(17-21-36)30-47(31-35-11-10-28-45-29-35)42(49)46-38-24-26-41(27-25-38)51-40-14-8-5-9-15-40/h10-11,16-29,39-40H,4-9,12-15,30-32H2,1-3H3,(H,46,49). The molecule has 3 amide bonds. The molecule has 0 aliphatic heterocycles. The van der Waals surface area contributed by atoms with Gasteiger partial charge in [-0.15, -0.1) is 0 Å². The monoisotopic (exact) mass is 702 g/mol. The number of carbonyl (C=O) groups excluding carboxylic acids is 2. The molecule has 0 atom stereocenters. The fourth-order valence-corrected chi connectivity index (χ4v) is 7.18. The number of aromatic nitrogens is 1. The van der Waals surface area contributed by atoms with E-state index in [1.165, 1.54) is 25.7 Å². The Balaban J connectivity index is 1.10. The fourth-order valence-electron chi connectivity index (χ4n) is 7.18. The molecule has 4 aromatic rings. The van der Waals surface area contributed by atoms with Crippen molar-refractivity contribution in [3.63, 3.8) is 0 Å². The molecule has 6 rings (SSSR count). The van der Waals surface area contributed by atoms with Crippen LogP contribution in [0.5, 0.6) is 5.75 Å². The number of hydrogen-bond acceptors (Lipinski definition) is 5. The predicted molar refractivity (Wildman–Crippen MR) is 207 cm³/mol. The summed E-state index contributed by atoms with van der Waals surface area (Å²) >= 11 is 0. The van der Waals surface area contributed by atoms with Gasteiger partial charge in [0.05, 0.1) is 6.10 Å². The van der Waals surface area contributed by atoms with Crippen LogP contribution in [0.15, 0.2) is 97.3 Å². The Kier molecular flexibility index (Phi) is 12.5. The Morgan fingerprint density at radius 2 is 1.29 bits per heavy atom. The minimum absolute atomic E-state index is 0.182. The second-order valence-corrected chi connectivity index (χ2v) is 15.3. The Labute approximate surface area is 309 Å². The molecule has 1 heterocycles. The molecule has 0 bridgehead atoms. The molecular formula is C44H54N4O4. The van der Waals surface area contributed by atoms with Gasteiger partial charge in [0.25, 0.3) is 0 Å². The zero-order chi connectivity index (χ0) is 36.3. The topological polar surface area (TPSA) is 84.0 Å². The smallest absolute Gasteiger partial charge is 0.410 e. The maximum atomic E-state index is 13.7. The summed E-state index contributed by atoms with van der Waals surface area (Å²) in [6.07, 6.45) is 15.1. The van der Waals surface area contributed by atoms with Gasteiger partial charge in [-0.1, -0.05) is 80.3 Å². The van der Waals surface area contributed by atoms with Gasteiger partial charge in [0.2, 0.25) is 0 Å². The molecule has 274 valence electrons. The molecule has 2 fully saturated rings. The van der Waals surface area contributed by atoms with E-state index in [1.807, 2.05) is 62.1 Å². The average molecular weight is 703 g/mol. The summed E-state index contributed by atoms with van der Waals surface area (Å²) in [5.41, 5.74) is 5.44. The summed E-state index contributed by atoms with van der Waals surface area (Å²) in [7, 11) is 0. The lowest BCUT2D eigenvalue weighted by atomic mass is 9.94. The molecular weight excluding hydrogens is 649 g/mol. The van der Waals surface area contributed by atoms with E-state index in [-0.39, 0.29) is 24.3 Å². The lowest BCUT2D eigenvalue weighted by Crippen LogP contribution is -2.43. The SMILES string of the molecule is CC(C)(C)OC(=O)N(Cc1ccc(-c2ccc(CN(Cc3cccnc3)C(=O)Nc3ccc(OC4CCCCC4)cc3)cc2)cc1)C1CCCCC1. The minimum Gasteiger partial charge on any atom is -0.490 e. The number of anilines is 1. The zero-order valence-electron chi connectivity index (χ0n) is 31.1. The second kappa shape index (κ2) is 17.6. The van der Waals surface area contributed by atoms with Gasteiger partial charge in [-0.3, -0.25) is 4.98 Å². The number of amides is 3. The number of nitrogens with one attached hydrogen (secondary N) is 1. The van der Waals surface area contributed by atoms with Gasteiger partial charge in [0, 0.05) is 43.8 Å². The third-order valence-corrected chi connectivity index (χ3v) is 9.96. The number of rotatable bonds is 11. The number of nitrogens with zero attached hydrogens (tertiary/aromatic N) is 3. The van der Waals surface area contributed by atoms with Crippen molar-refractivity contribution in [3.8, 4) is 16.9 Å². The summed E-state index contributed by atoms with van der Waals surface area (Å²) in [4.78, 5) is 34.9. The second-order valence-electron chi connectivity index (χ2n) is 15.3. The van der Waals surface area contributed by atoms with Gasteiger partial charge in [-0.05, 0) is 117 Å². The van der Waals surface area contributed by atoms with E-state index in [1.54, 1.807) is 17.3 Å². The van der Waals surface area contributed by atoms with E-state index >= 15 is 0 Å². The summed E-state index contributed by atoms with van der Waals surface area (Å²) in [5.74, 6) is 0.842. The number of ether oxygens (including phenoxy) is 2. The highest BCUT2D eigenvalue weighted by atomic mass is 16.6. The van der Waals surface area contributed by atoms with Crippen LogP contribution in [0, 0.1) is 0 Å². The Bertz CT molecular complexity index is 1710. The number of carbonyl (C=O) groups is 2. The predicted octanol–water partition coefficient (Wildman–Crippen LogP) is 10.8. The van der Waals surface area contributed by atoms with E-state index < -0.39 is 5.60 Å². The molecule has 0 radical (unpaired) electrons. The lowest BCUT2D eigenvalue weighted by molar-refractivity contribution is 0.00988. The van der Waals surface area contributed by atoms with Crippen LogP contribution in [0.1, 0.15) is 102 Å². The minimum atomic E-state index is -0.532. The molecule has 52 heavy (non-hydrogen) atoms. The van der Waals surface area contributed by atoms with Gasteiger partial charge < -0.3 is 24.6 Å². The number of pyridine rings is 1. The first-order valence-corrected chi connectivity index (χ1v) is 19.1. The van der Waals surface area contributed by atoms with Crippen LogP contribution < -0.4 is 10.1 Å². The van der Waals surface area contributed by atoms with Crippen LogP contribution in [-0.4, -0.2) is 44.7 Å².